The molecule has 0 aliphatic heterocycles. The smallest absolute Gasteiger partial charge is 0.416 e. The van der Waals surface area contributed by atoms with Crippen molar-refractivity contribution in [2.24, 2.45) is 5.92 Å². The number of anilines is 1. The van der Waals surface area contributed by atoms with Crippen molar-refractivity contribution in [3.8, 4) is 11.1 Å². The van der Waals surface area contributed by atoms with Gasteiger partial charge < -0.3 is 10.4 Å². The Hall–Kier alpha value is -3.28. The Labute approximate surface area is 211 Å². The van der Waals surface area contributed by atoms with Crippen molar-refractivity contribution in [3.63, 3.8) is 0 Å². The lowest BCUT2D eigenvalue weighted by molar-refractivity contribution is -0.139. The highest BCUT2D eigenvalue weighted by atomic mass is 19.4. The van der Waals surface area contributed by atoms with Crippen LogP contribution in [0.5, 0.6) is 0 Å². The molecule has 3 rings (SSSR count). The maximum atomic E-state index is 13.0. The second-order valence-corrected chi connectivity index (χ2v) is 10.7. The van der Waals surface area contributed by atoms with E-state index in [0.717, 1.165) is 23.4 Å². The van der Waals surface area contributed by atoms with E-state index in [1.54, 1.807) is 6.07 Å². The molecule has 36 heavy (non-hydrogen) atoms. The number of nitrogens with one attached hydrogen (secondary N) is 1. The number of rotatable bonds is 8. The first kappa shape index (κ1) is 27.3. The predicted octanol–water partition coefficient (Wildman–Crippen LogP) is 8.50. The molecule has 0 amide bonds. The van der Waals surface area contributed by atoms with Crippen molar-refractivity contribution in [2.45, 2.75) is 65.1 Å². The summed E-state index contributed by atoms with van der Waals surface area (Å²) in [4.78, 5) is 12.1. The Morgan fingerprint density at radius 2 is 1.44 bits per heavy atom. The van der Waals surface area contributed by atoms with E-state index in [1.807, 2.05) is 26.0 Å². The highest BCUT2D eigenvalue weighted by Crippen LogP contribution is 2.34. The van der Waals surface area contributed by atoms with Crippen molar-refractivity contribution in [1.82, 2.24) is 0 Å². The molecule has 0 spiro atoms. The monoisotopic (exact) mass is 497 g/mol. The number of carboxylic acid groups (broad SMARTS) is 1. The van der Waals surface area contributed by atoms with Gasteiger partial charge in [-0.25, -0.2) is 0 Å². The van der Waals surface area contributed by atoms with Crippen molar-refractivity contribution >= 4 is 11.7 Å². The summed E-state index contributed by atoms with van der Waals surface area (Å²) in [6.07, 6.45) is -3.96. The maximum Gasteiger partial charge on any atom is 0.416 e. The SMILES string of the molecule is CC(C)CC(C(=O)O)c1cc(NCc2ccc(C(C)(C)C)cc2)cc(-c2ccc(C(F)(F)F)cc2)c1. The summed E-state index contributed by atoms with van der Waals surface area (Å²) in [6, 6.07) is 18.7. The third-order valence-electron chi connectivity index (χ3n) is 6.23. The molecule has 6 heteroatoms. The van der Waals surface area contributed by atoms with Gasteiger partial charge in [0.1, 0.15) is 0 Å². The molecule has 0 aliphatic carbocycles. The van der Waals surface area contributed by atoms with Crippen LogP contribution in [0.4, 0.5) is 18.9 Å². The molecule has 2 N–H and O–H groups in total. The summed E-state index contributed by atoms with van der Waals surface area (Å²) in [5.74, 6) is -1.47. The predicted molar refractivity (Wildman–Crippen MR) is 139 cm³/mol. The van der Waals surface area contributed by atoms with Gasteiger partial charge in [-0.1, -0.05) is 77.1 Å². The molecule has 0 aromatic heterocycles. The van der Waals surface area contributed by atoms with Crippen molar-refractivity contribution in [2.75, 3.05) is 5.32 Å². The molecule has 0 saturated heterocycles. The van der Waals surface area contributed by atoms with Crippen LogP contribution in [-0.4, -0.2) is 11.1 Å². The fourth-order valence-corrected chi connectivity index (χ4v) is 4.15. The fraction of sp³-hybridized carbons (Fsp3) is 0.367. The average molecular weight is 498 g/mol. The van der Waals surface area contributed by atoms with Gasteiger partial charge in [0.25, 0.3) is 0 Å². The number of alkyl halides is 3. The number of carbonyl (C=O) groups is 1. The Morgan fingerprint density at radius 1 is 0.861 bits per heavy atom. The van der Waals surface area contributed by atoms with Gasteiger partial charge >= 0.3 is 12.1 Å². The molecular formula is C30H34F3NO2. The molecule has 1 unspecified atom stereocenters. The van der Waals surface area contributed by atoms with E-state index >= 15 is 0 Å². The van der Waals surface area contributed by atoms with Gasteiger partial charge in [0.2, 0.25) is 0 Å². The summed E-state index contributed by atoms with van der Waals surface area (Å²) >= 11 is 0. The Kier molecular flexibility index (Phi) is 8.17. The van der Waals surface area contributed by atoms with E-state index in [0.29, 0.717) is 29.7 Å². The van der Waals surface area contributed by atoms with E-state index in [1.165, 1.54) is 17.7 Å². The highest BCUT2D eigenvalue weighted by Gasteiger charge is 2.30. The third kappa shape index (κ3) is 7.12. The molecule has 0 heterocycles. The number of hydrogen-bond donors (Lipinski definition) is 2. The number of benzene rings is 3. The van der Waals surface area contributed by atoms with Gasteiger partial charge in [0.15, 0.2) is 0 Å². The molecule has 1 atom stereocenters. The van der Waals surface area contributed by atoms with Gasteiger partial charge in [-0.3, -0.25) is 4.79 Å². The molecule has 0 aliphatic rings. The minimum absolute atomic E-state index is 0.0547. The van der Waals surface area contributed by atoms with Gasteiger partial charge in [0, 0.05) is 12.2 Å². The van der Waals surface area contributed by atoms with Crippen LogP contribution in [0.25, 0.3) is 11.1 Å². The lowest BCUT2D eigenvalue weighted by Crippen LogP contribution is -2.14. The van der Waals surface area contributed by atoms with Crippen molar-refractivity contribution in [3.05, 3.63) is 89.0 Å². The zero-order valence-electron chi connectivity index (χ0n) is 21.4. The van der Waals surface area contributed by atoms with E-state index < -0.39 is 23.6 Å². The Morgan fingerprint density at radius 3 is 1.94 bits per heavy atom. The molecule has 3 aromatic carbocycles. The quantitative estimate of drug-likeness (QED) is 0.328. The van der Waals surface area contributed by atoms with Crippen LogP contribution >= 0.6 is 0 Å². The summed E-state index contributed by atoms with van der Waals surface area (Å²) < 4.78 is 39.1. The van der Waals surface area contributed by atoms with Gasteiger partial charge in [-0.2, -0.15) is 13.2 Å². The summed E-state index contributed by atoms with van der Waals surface area (Å²) in [7, 11) is 0. The normalized spacial score (nSPS) is 13.0. The second kappa shape index (κ2) is 10.8. The number of halogens is 3. The van der Waals surface area contributed by atoms with Crippen molar-refractivity contribution in [1.29, 1.82) is 0 Å². The van der Waals surface area contributed by atoms with E-state index in [4.69, 9.17) is 0 Å². The zero-order valence-corrected chi connectivity index (χ0v) is 21.4. The van der Waals surface area contributed by atoms with Crippen LogP contribution < -0.4 is 5.32 Å². The first-order chi connectivity index (χ1) is 16.7. The average Bonchev–Trinajstić information content (AvgIpc) is 2.80. The van der Waals surface area contributed by atoms with Crippen LogP contribution in [0.1, 0.15) is 69.2 Å². The Balaban J connectivity index is 1.96. The van der Waals surface area contributed by atoms with E-state index in [9.17, 15) is 23.1 Å². The first-order valence-corrected chi connectivity index (χ1v) is 12.1. The molecule has 192 valence electrons. The number of aliphatic carboxylic acids is 1. The minimum Gasteiger partial charge on any atom is -0.481 e. The van der Waals surface area contributed by atoms with E-state index in [2.05, 4.69) is 50.4 Å². The largest absolute Gasteiger partial charge is 0.481 e. The summed E-state index contributed by atoms with van der Waals surface area (Å²) in [5, 5.41) is 13.3. The first-order valence-electron chi connectivity index (χ1n) is 12.1. The molecular weight excluding hydrogens is 463 g/mol. The number of hydrogen-bond acceptors (Lipinski definition) is 2. The third-order valence-corrected chi connectivity index (χ3v) is 6.23. The maximum absolute atomic E-state index is 13.0. The van der Waals surface area contributed by atoms with Crippen LogP contribution in [0.3, 0.4) is 0 Å². The lowest BCUT2D eigenvalue weighted by atomic mass is 9.87. The summed E-state index contributed by atoms with van der Waals surface area (Å²) in [6.45, 7) is 10.9. The summed E-state index contributed by atoms with van der Waals surface area (Å²) in [5.41, 5.74) is 4.24. The minimum atomic E-state index is -4.42. The zero-order chi connectivity index (χ0) is 26.7. The lowest BCUT2D eigenvalue weighted by Gasteiger charge is -2.20. The topological polar surface area (TPSA) is 49.3 Å². The molecule has 0 bridgehead atoms. The number of carboxylic acids is 1. The highest BCUT2D eigenvalue weighted by molar-refractivity contribution is 5.79. The Bertz CT molecular complexity index is 1170. The second-order valence-electron chi connectivity index (χ2n) is 10.7. The van der Waals surface area contributed by atoms with Crippen molar-refractivity contribution < 1.29 is 23.1 Å². The van der Waals surface area contributed by atoms with Gasteiger partial charge in [0.05, 0.1) is 11.5 Å². The molecule has 0 radical (unpaired) electrons. The standard InChI is InChI=1S/C30H34F3NO2/c1-19(2)14-27(28(35)36)23-15-22(21-8-12-25(13-9-21)30(31,32)33)16-26(17-23)34-18-20-6-10-24(11-7-20)29(3,4)5/h6-13,15-17,19,27,34H,14,18H2,1-5H3,(H,35,36). The fourth-order valence-electron chi connectivity index (χ4n) is 4.15. The van der Waals surface area contributed by atoms with Crippen LogP contribution in [0.2, 0.25) is 0 Å². The van der Waals surface area contributed by atoms with Crippen LogP contribution in [0, 0.1) is 5.92 Å². The molecule has 3 nitrogen and oxygen atoms in total. The molecule has 0 fully saturated rings. The van der Waals surface area contributed by atoms with Gasteiger partial charge in [-0.05, 0) is 69.8 Å². The van der Waals surface area contributed by atoms with Crippen LogP contribution in [-0.2, 0) is 22.9 Å². The molecule has 3 aromatic rings. The van der Waals surface area contributed by atoms with Gasteiger partial charge in [-0.15, -0.1) is 0 Å². The molecule has 0 saturated carbocycles. The van der Waals surface area contributed by atoms with E-state index in [-0.39, 0.29) is 11.3 Å². The van der Waals surface area contributed by atoms with Crippen LogP contribution in [0.15, 0.2) is 66.7 Å².